The molecule has 1 aliphatic heterocycles. The van der Waals surface area contributed by atoms with Crippen molar-refractivity contribution in [3.05, 3.63) is 29.8 Å². The molecule has 2 aliphatic rings. The van der Waals surface area contributed by atoms with Crippen molar-refractivity contribution in [3.63, 3.8) is 0 Å². The molecule has 3 rings (SSSR count). The highest BCUT2D eigenvalue weighted by Crippen LogP contribution is 2.42. The molecule has 0 amide bonds. The van der Waals surface area contributed by atoms with E-state index in [0.717, 1.165) is 13.1 Å². The number of fused-ring (bicyclic) bond motifs is 1. The molecule has 1 fully saturated rings. The molecule has 1 aromatic carbocycles. The minimum Gasteiger partial charge on any atom is -0.330 e. The van der Waals surface area contributed by atoms with Crippen LogP contribution in [0.2, 0.25) is 0 Å². The zero-order valence-electron chi connectivity index (χ0n) is 12.4. The van der Waals surface area contributed by atoms with Crippen LogP contribution < -0.4 is 5.73 Å². The summed E-state index contributed by atoms with van der Waals surface area (Å²) in [6.07, 6.45) is 5.29. The molecule has 20 heavy (non-hydrogen) atoms. The average molecular weight is 290 g/mol. The third kappa shape index (κ3) is 2.63. The first-order valence-corrected chi connectivity index (χ1v) is 9.01. The maximum atomic E-state index is 6.01. The number of thioether (sulfide) groups is 1. The van der Waals surface area contributed by atoms with Gasteiger partial charge in [-0.15, -0.1) is 11.8 Å². The summed E-state index contributed by atoms with van der Waals surface area (Å²) in [5, 5.41) is 0. The minimum atomic E-state index is 0.606. The second-order valence-corrected chi connectivity index (χ2v) is 7.15. The Bertz CT molecular complexity index is 448. The van der Waals surface area contributed by atoms with Crippen LogP contribution in [0.25, 0.3) is 0 Å². The van der Waals surface area contributed by atoms with Crippen molar-refractivity contribution in [1.82, 2.24) is 4.90 Å². The summed E-state index contributed by atoms with van der Waals surface area (Å²) < 4.78 is 0. The number of nitrogens with zero attached hydrogens (tertiary/aromatic N) is 1. The number of rotatable bonds is 4. The summed E-state index contributed by atoms with van der Waals surface area (Å²) in [4.78, 5) is 4.24. The molecule has 110 valence electrons. The largest absolute Gasteiger partial charge is 0.330 e. The molecule has 1 saturated carbocycles. The van der Waals surface area contributed by atoms with Crippen LogP contribution in [0.4, 0.5) is 0 Å². The van der Waals surface area contributed by atoms with Crippen molar-refractivity contribution < 1.29 is 0 Å². The van der Waals surface area contributed by atoms with E-state index in [-0.39, 0.29) is 0 Å². The van der Waals surface area contributed by atoms with Gasteiger partial charge in [0.1, 0.15) is 0 Å². The fourth-order valence-electron chi connectivity index (χ4n) is 4.08. The number of benzene rings is 1. The van der Waals surface area contributed by atoms with Gasteiger partial charge < -0.3 is 5.73 Å². The lowest BCUT2D eigenvalue weighted by Gasteiger charge is -2.41. The van der Waals surface area contributed by atoms with Crippen LogP contribution >= 0.6 is 11.8 Å². The predicted molar refractivity (Wildman–Crippen MR) is 87.1 cm³/mol. The van der Waals surface area contributed by atoms with E-state index in [1.807, 2.05) is 11.8 Å². The second kappa shape index (κ2) is 6.50. The number of nitrogens with two attached hydrogens (primary N) is 1. The maximum absolute atomic E-state index is 6.01. The molecule has 3 heteroatoms. The lowest BCUT2D eigenvalue weighted by molar-refractivity contribution is 0.109. The third-order valence-corrected chi connectivity index (χ3v) is 6.16. The summed E-state index contributed by atoms with van der Waals surface area (Å²) in [5.74, 6) is 1.95. The van der Waals surface area contributed by atoms with E-state index in [1.165, 1.54) is 36.3 Å². The summed E-state index contributed by atoms with van der Waals surface area (Å²) >= 11 is 2.02. The standard InChI is InChI=1S/C17H26N2S/c1-2-19(15-8-5-6-13(15)12-18)16-10-11-20-17-9-4-3-7-14(16)17/h3-4,7,9,13,15-16H,2,5-6,8,10-12,18H2,1H3. The molecule has 3 atom stereocenters. The van der Waals surface area contributed by atoms with Crippen LogP contribution in [0, 0.1) is 5.92 Å². The average Bonchev–Trinajstić information content (AvgIpc) is 2.97. The Balaban J connectivity index is 1.87. The summed E-state index contributed by atoms with van der Waals surface area (Å²) in [6.45, 7) is 4.31. The topological polar surface area (TPSA) is 29.3 Å². The van der Waals surface area contributed by atoms with Gasteiger partial charge in [0.15, 0.2) is 0 Å². The molecule has 2 nitrogen and oxygen atoms in total. The summed E-state index contributed by atoms with van der Waals surface area (Å²) in [7, 11) is 0. The van der Waals surface area contributed by atoms with Gasteiger partial charge in [0.25, 0.3) is 0 Å². The van der Waals surface area contributed by atoms with Crippen LogP contribution in [-0.4, -0.2) is 29.8 Å². The van der Waals surface area contributed by atoms with E-state index in [0.29, 0.717) is 18.0 Å². The molecule has 0 aromatic heterocycles. The first-order valence-electron chi connectivity index (χ1n) is 8.02. The molecule has 3 unspecified atom stereocenters. The van der Waals surface area contributed by atoms with Crippen molar-refractivity contribution in [3.8, 4) is 0 Å². The zero-order chi connectivity index (χ0) is 13.9. The van der Waals surface area contributed by atoms with Crippen LogP contribution in [0.1, 0.15) is 44.2 Å². The smallest absolute Gasteiger partial charge is 0.0370 e. The van der Waals surface area contributed by atoms with Crippen LogP contribution in [-0.2, 0) is 0 Å². The van der Waals surface area contributed by atoms with Gasteiger partial charge in [0.2, 0.25) is 0 Å². The van der Waals surface area contributed by atoms with Crippen molar-refractivity contribution in [1.29, 1.82) is 0 Å². The van der Waals surface area contributed by atoms with Crippen molar-refractivity contribution in [2.24, 2.45) is 11.7 Å². The van der Waals surface area contributed by atoms with Gasteiger partial charge >= 0.3 is 0 Å². The molecular weight excluding hydrogens is 264 g/mol. The molecule has 0 radical (unpaired) electrons. The molecule has 1 aliphatic carbocycles. The van der Waals surface area contributed by atoms with Gasteiger partial charge in [-0.2, -0.15) is 0 Å². The predicted octanol–water partition coefficient (Wildman–Crippen LogP) is 3.67. The lowest BCUT2D eigenvalue weighted by Crippen LogP contribution is -2.43. The summed E-state index contributed by atoms with van der Waals surface area (Å²) in [6, 6.07) is 10.3. The molecule has 1 heterocycles. The Labute approximate surface area is 127 Å². The minimum absolute atomic E-state index is 0.606. The van der Waals surface area contributed by atoms with E-state index < -0.39 is 0 Å². The lowest BCUT2D eigenvalue weighted by atomic mass is 9.95. The molecule has 1 aromatic rings. The highest BCUT2D eigenvalue weighted by atomic mass is 32.2. The van der Waals surface area contributed by atoms with Gasteiger partial charge in [0, 0.05) is 17.0 Å². The highest BCUT2D eigenvalue weighted by Gasteiger charge is 2.36. The first kappa shape index (κ1) is 14.4. The Morgan fingerprint density at radius 1 is 1.25 bits per heavy atom. The maximum Gasteiger partial charge on any atom is 0.0370 e. The van der Waals surface area contributed by atoms with Crippen LogP contribution in [0.3, 0.4) is 0 Å². The van der Waals surface area contributed by atoms with Crippen LogP contribution in [0.5, 0.6) is 0 Å². The van der Waals surface area contributed by atoms with Gasteiger partial charge in [-0.1, -0.05) is 31.5 Å². The van der Waals surface area contributed by atoms with E-state index in [1.54, 1.807) is 5.56 Å². The molecule has 0 saturated heterocycles. The Kier molecular flexibility index (Phi) is 4.69. The first-order chi connectivity index (χ1) is 9.85. The van der Waals surface area contributed by atoms with Gasteiger partial charge in [0.05, 0.1) is 0 Å². The fourth-order valence-corrected chi connectivity index (χ4v) is 5.19. The van der Waals surface area contributed by atoms with Gasteiger partial charge in [-0.05, 0) is 55.7 Å². The van der Waals surface area contributed by atoms with E-state index in [2.05, 4.69) is 36.1 Å². The Hall–Kier alpha value is -0.510. The van der Waals surface area contributed by atoms with Gasteiger partial charge in [-0.25, -0.2) is 0 Å². The SMILES string of the molecule is CCN(C1CCSc2ccccc21)C1CCCC1CN. The van der Waals surface area contributed by atoms with Crippen LogP contribution in [0.15, 0.2) is 29.2 Å². The molecule has 0 spiro atoms. The van der Waals surface area contributed by atoms with Crippen molar-refractivity contribution in [2.75, 3.05) is 18.8 Å². The Morgan fingerprint density at radius 2 is 2.10 bits per heavy atom. The Morgan fingerprint density at radius 3 is 2.90 bits per heavy atom. The van der Waals surface area contributed by atoms with Crippen molar-refractivity contribution >= 4 is 11.8 Å². The monoisotopic (exact) mass is 290 g/mol. The van der Waals surface area contributed by atoms with Gasteiger partial charge in [-0.3, -0.25) is 4.90 Å². The fraction of sp³-hybridized carbons (Fsp3) is 0.647. The zero-order valence-corrected chi connectivity index (χ0v) is 13.2. The number of hydrogen-bond acceptors (Lipinski definition) is 3. The van der Waals surface area contributed by atoms with Crippen molar-refractivity contribution in [2.45, 2.75) is 49.6 Å². The number of hydrogen-bond donors (Lipinski definition) is 1. The molecular formula is C17H26N2S. The highest BCUT2D eigenvalue weighted by molar-refractivity contribution is 7.99. The molecule has 0 bridgehead atoms. The van der Waals surface area contributed by atoms with E-state index in [9.17, 15) is 0 Å². The van der Waals surface area contributed by atoms with E-state index in [4.69, 9.17) is 5.73 Å². The van der Waals surface area contributed by atoms with E-state index >= 15 is 0 Å². The quantitative estimate of drug-likeness (QED) is 0.917. The second-order valence-electron chi connectivity index (χ2n) is 6.02. The normalized spacial score (nSPS) is 29.6. The summed E-state index contributed by atoms with van der Waals surface area (Å²) in [5.41, 5.74) is 7.56. The molecule has 2 N–H and O–H groups in total. The third-order valence-electron chi connectivity index (χ3n) is 5.04.